The van der Waals surface area contributed by atoms with Crippen molar-refractivity contribution in [1.82, 2.24) is 0 Å². The molecule has 13 heteroatoms. The first-order valence-electron chi connectivity index (χ1n) is 3.66. The van der Waals surface area contributed by atoms with Crippen LogP contribution in [0.1, 0.15) is 0 Å². The Morgan fingerprint density at radius 1 is 1.06 bits per heavy atom. The Kier molecular flexibility index (Phi) is 9.02. The molecule has 7 N–H and O–H groups in total. The Hall–Kier alpha value is -0.190. The number of aliphatic hydroxyl groups is 2. The fraction of sp³-hybridized carbons (Fsp3) is 0.750. The van der Waals surface area contributed by atoms with Gasteiger partial charge in [0, 0.05) is 0 Å². The zero-order chi connectivity index (χ0) is 14.3. The Labute approximate surface area is 94.8 Å². The maximum atomic E-state index is 10.0. The van der Waals surface area contributed by atoms with E-state index in [-0.39, 0.29) is 6.29 Å². The smallest absolute Gasteiger partial charge is 0.388 e. The van der Waals surface area contributed by atoms with Gasteiger partial charge in [-0.3, -0.25) is 4.52 Å². The number of phosphoric acid groups is 2. The summed E-state index contributed by atoms with van der Waals surface area (Å²) in [5.41, 5.74) is 0. The third-order valence-electron chi connectivity index (χ3n) is 0.947. The Bertz CT molecular complexity index is 294. The molecule has 104 valence electrons. The number of phosphoric ester groups is 1. The van der Waals surface area contributed by atoms with Crippen LogP contribution in [0.5, 0.6) is 0 Å². The van der Waals surface area contributed by atoms with Crippen molar-refractivity contribution in [3.05, 3.63) is 0 Å². The lowest BCUT2D eigenvalue weighted by Gasteiger charge is -2.12. The maximum absolute atomic E-state index is 10.0. The summed E-state index contributed by atoms with van der Waals surface area (Å²) in [7, 11) is -9.30. The van der Waals surface area contributed by atoms with Gasteiger partial charge in [-0.05, 0) is 0 Å². The molecule has 11 nitrogen and oxygen atoms in total. The molecule has 0 aromatic carbocycles. The number of aldehydes is 1. The second-order valence-electron chi connectivity index (χ2n) is 2.49. The van der Waals surface area contributed by atoms with Crippen LogP contribution in [0.4, 0.5) is 0 Å². The van der Waals surface area contributed by atoms with Crippen LogP contribution in [0.15, 0.2) is 0 Å². The first kappa shape index (κ1) is 19.2. The number of carbonyl (C=O) groups is 1. The monoisotopic (exact) mass is 298 g/mol. The second kappa shape index (κ2) is 8.01. The van der Waals surface area contributed by atoms with E-state index in [1.165, 1.54) is 0 Å². The number of hydrogen-bond donors (Lipinski definition) is 7. The standard InChI is InChI=1S/C4H9O7P.H3O4P/c5-1-3(6)4(7)2-11-12(8,9)10;1-5(2,3)4/h1,3-4,6-7H,2H2,(H2,8,9,10);(H3,1,2,3,4)/t3-,4+;/m0./s1. The van der Waals surface area contributed by atoms with Gasteiger partial charge in [0.2, 0.25) is 0 Å². The molecule has 0 aliphatic carbocycles. The van der Waals surface area contributed by atoms with E-state index < -0.39 is 34.5 Å². The van der Waals surface area contributed by atoms with Crippen LogP contribution >= 0.6 is 15.6 Å². The largest absolute Gasteiger partial charge is 0.469 e. The lowest BCUT2D eigenvalue weighted by molar-refractivity contribution is -0.121. The van der Waals surface area contributed by atoms with Crippen molar-refractivity contribution in [1.29, 1.82) is 0 Å². The van der Waals surface area contributed by atoms with Gasteiger partial charge in [-0.15, -0.1) is 0 Å². The predicted molar refractivity (Wildman–Crippen MR) is 50.3 cm³/mol. The van der Waals surface area contributed by atoms with Crippen LogP contribution in [-0.4, -0.2) is 59.8 Å². The van der Waals surface area contributed by atoms with Crippen molar-refractivity contribution in [2.45, 2.75) is 12.2 Å². The summed E-state index contributed by atoms with van der Waals surface area (Å²) >= 11 is 0. The lowest BCUT2D eigenvalue weighted by atomic mass is 10.2. The fourth-order valence-corrected chi connectivity index (χ4v) is 0.710. The number of rotatable bonds is 5. The third kappa shape index (κ3) is 21.6. The minimum Gasteiger partial charge on any atom is -0.388 e. The zero-order valence-corrected chi connectivity index (χ0v) is 9.89. The van der Waals surface area contributed by atoms with Crippen molar-refractivity contribution < 1.29 is 53.1 Å². The first-order valence-corrected chi connectivity index (χ1v) is 6.76. The summed E-state index contributed by atoms with van der Waals surface area (Å²) in [6.07, 6.45) is -3.29. The normalized spacial score (nSPS) is 15.5. The highest BCUT2D eigenvalue weighted by molar-refractivity contribution is 7.46. The highest BCUT2D eigenvalue weighted by Crippen LogP contribution is 2.35. The molecule has 0 unspecified atom stereocenters. The molecule has 0 aliphatic heterocycles. The van der Waals surface area contributed by atoms with E-state index >= 15 is 0 Å². The van der Waals surface area contributed by atoms with Crippen molar-refractivity contribution in [3.63, 3.8) is 0 Å². The predicted octanol–water partition coefficient (Wildman–Crippen LogP) is -2.91. The molecule has 0 fully saturated rings. The van der Waals surface area contributed by atoms with Gasteiger partial charge in [0.1, 0.15) is 12.2 Å². The topological polar surface area (TPSA) is 202 Å². The molecule has 2 atom stereocenters. The average Bonchev–Trinajstić information content (AvgIpc) is 2.09. The van der Waals surface area contributed by atoms with E-state index in [1.54, 1.807) is 0 Å². The van der Waals surface area contributed by atoms with E-state index in [4.69, 9.17) is 39.2 Å². The highest BCUT2D eigenvalue weighted by Gasteiger charge is 2.21. The van der Waals surface area contributed by atoms with Crippen LogP contribution in [0.3, 0.4) is 0 Å². The van der Waals surface area contributed by atoms with Gasteiger partial charge in [0.05, 0.1) is 6.61 Å². The Balaban J connectivity index is 0. The van der Waals surface area contributed by atoms with E-state index in [1.807, 2.05) is 0 Å². The van der Waals surface area contributed by atoms with Crippen LogP contribution in [0.2, 0.25) is 0 Å². The molecule has 0 aliphatic rings. The quantitative estimate of drug-likeness (QED) is 0.202. The number of hydrogen-bond acceptors (Lipinski definition) is 6. The van der Waals surface area contributed by atoms with Gasteiger partial charge >= 0.3 is 15.6 Å². The summed E-state index contributed by atoms with van der Waals surface area (Å²) in [5, 5.41) is 17.3. The van der Waals surface area contributed by atoms with E-state index in [0.717, 1.165) is 0 Å². The molecule has 0 amide bonds. The summed E-state index contributed by atoms with van der Waals surface area (Å²) < 4.78 is 22.7. The van der Waals surface area contributed by atoms with E-state index in [0.29, 0.717) is 0 Å². The van der Waals surface area contributed by atoms with Gasteiger partial charge in [0.25, 0.3) is 0 Å². The molecule has 0 spiro atoms. The van der Waals surface area contributed by atoms with Crippen molar-refractivity contribution in [2.24, 2.45) is 0 Å². The van der Waals surface area contributed by atoms with Crippen molar-refractivity contribution in [2.75, 3.05) is 6.61 Å². The summed E-state index contributed by atoms with van der Waals surface area (Å²) in [6, 6.07) is 0. The molecule has 17 heavy (non-hydrogen) atoms. The van der Waals surface area contributed by atoms with Gasteiger partial charge in [0.15, 0.2) is 6.29 Å². The molecule has 0 aromatic heterocycles. The fourth-order valence-electron chi connectivity index (χ4n) is 0.363. The SMILES string of the molecule is O=C[C@H](O)[C@H](O)COP(=O)(O)O.O=P(O)(O)O. The minimum absolute atomic E-state index is 0.0354. The first-order chi connectivity index (χ1) is 7.37. The molecule has 0 rings (SSSR count). The van der Waals surface area contributed by atoms with Gasteiger partial charge in [-0.1, -0.05) is 0 Å². The second-order valence-corrected chi connectivity index (χ2v) is 4.76. The summed E-state index contributed by atoms with van der Waals surface area (Å²) in [5.74, 6) is 0. The third-order valence-corrected chi connectivity index (χ3v) is 1.43. The van der Waals surface area contributed by atoms with E-state index in [9.17, 15) is 9.36 Å². The van der Waals surface area contributed by atoms with Gasteiger partial charge < -0.3 is 39.5 Å². The van der Waals surface area contributed by atoms with Crippen LogP contribution in [0, 0.1) is 0 Å². The average molecular weight is 298 g/mol. The van der Waals surface area contributed by atoms with Gasteiger partial charge in [-0.2, -0.15) is 0 Å². The van der Waals surface area contributed by atoms with Crippen LogP contribution in [-0.2, 0) is 18.4 Å². The van der Waals surface area contributed by atoms with E-state index in [2.05, 4.69) is 4.52 Å². The number of aliphatic hydroxyl groups excluding tert-OH is 2. The molecule has 0 heterocycles. The molecular formula is C4H12O11P2. The Morgan fingerprint density at radius 3 is 1.65 bits per heavy atom. The summed E-state index contributed by atoms with van der Waals surface area (Å²) in [4.78, 5) is 47.6. The molecule has 0 saturated heterocycles. The molecule has 0 saturated carbocycles. The van der Waals surface area contributed by atoms with Crippen LogP contribution in [0.25, 0.3) is 0 Å². The summed E-state index contributed by atoms with van der Waals surface area (Å²) in [6.45, 7) is -0.801. The molecule has 0 radical (unpaired) electrons. The molecular weight excluding hydrogens is 286 g/mol. The minimum atomic E-state index is -4.66. The highest BCUT2D eigenvalue weighted by atomic mass is 31.2. The van der Waals surface area contributed by atoms with Crippen LogP contribution < -0.4 is 0 Å². The molecule has 0 aromatic rings. The Morgan fingerprint density at radius 2 is 1.41 bits per heavy atom. The molecule has 0 bridgehead atoms. The number of carbonyl (C=O) groups excluding carboxylic acids is 1. The zero-order valence-electron chi connectivity index (χ0n) is 8.10. The van der Waals surface area contributed by atoms with Crippen molar-refractivity contribution in [3.8, 4) is 0 Å². The lowest BCUT2D eigenvalue weighted by Crippen LogP contribution is -2.31. The maximum Gasteiger partial charge on any atom is 0.469 e. The van der Waals surface area contributed by atoms with Crippen molar-refractivity contribution >= 4 is 21.9 Å². The van der Waals surface area contributed by atoms with Gasteiger partial charge in [-0.25, -0.2) is 9.13 Å².